The van der Waals surface area contributed by atoms with Crippen molar-refractivity contribution < 1.29 is 9.53 Å². The van der Waals surface area contributed by atoms with Crippen molar-refractivity contribution in [2.75, 3.05) is 33.9 Å². The smallest absolute Gasteiger partial charge is 0.224 e. The molecule has 1 rings (SSSR count). The van der Waals surface area contributed by atoms with Crippen molar-refractivity contribution in [3.05, 3.63) is 0 Å². The lowest BCUT2D eigenvalue weighted by atomic mass is 9.97. The first kappa shape index (κ1) is 12.5. The van der Waals surface area contributed by atoms with Crippen molar-refractivity contribution in [3.63, 3.8) is 0 Å². The Morgan fingerprint density at radius 3 is 3.00 bits per heavy atom. The van der Waals surface area contributed by atoms with E-state index in [4.69, 9.17) is 4.74 Å². The van der Waals surface area contributed by atoms with Gasteiger partial charge < -0.3 is 15.0 Å². The molecule has 0 radical (unpaired) electrons. The van der Waals surface area contributed by atoms with Gasteiger partial charge in [0.1, 0.15) is 0 Å². The van der Waals surface area contributed by atoms with E-state index in [9.17, 15) is 4.79 Å². The van der Waals surface area contributed by atoms with Crippen molar-refractivity contribution in [3.8, 4) is 0 Å². The molecule has 0 saturated carbocycles. The molecule has 0 aliphatic carbocycles. The fourth-order valence-corrected chi connectivity index (χ4v) is 2.03. The van der Waals surface area contributed by atoms with Crippen molar-refractivity contribution >= 4 is 5.91 Å². The molecule has 0 aromatic rings. The summed E-state index contributed by atoms with van der Waals surface area (Å²) in [6.45, 7) is 4.53. The lowest BCUT2D eigenvalue weighted by Gasteiger charge is -2.29. The molecule has 1 amide bonds. The number of ether oxygens (including phenoxy) is 1. The van der Waals surface area contributed by atoms with Crippen LogP contribution in [0.1, 0.15) is 19.8 Å². The molecule has 88 valence electrons. The number of nitrogens with one attached hydrogen (secondary N) is 1. The van der Waals surface area contributed by atoms with Crippen molar-refractivity contribution in [2.24, 2.45) is 5.92 Å². The van der Waals surface area contributed by atoms with Gasteiger partial charge in [0.2, 0.25) is 5.91 Å². The van der Waals surface area contributed by atoms with Gasteiger partial charge in [-0.25, -0.2) is 0 Å². The fourth-order valence-electron chi connectivity index (χ4n) is 2.03. The van der Waals surface area contributed by atoms with Gasteiger partial charge in [0.25, 0.3) is 0 Å². The summed E-state index contributed by atoms with van der Waals surface area (Å²) in [6, 6.07) is 0.106. The number of piperidine rings is 1. The van der Waals surface area contributed by atoms with Gasteiger partial charge in [-0.3, -0.25) is 4.79 Å². The van der Waals surface area contributed by atoms with Crippen LogP contribution in [0.2, 0.25) is 0 Å². The summed E-state index contributed by atoms with van der Waals surface area (Å²) in [5.41, 5.74) is 0. The Hall–Kier alpha value is -0.610. The molecule has 4 nitrogen and oxygen atoms in total. The number of hydrogen-bond acceptors (Lipinski definition) is 3. The van der Waals surface area contributed by atoms with Crippen molar-refractivity contribution in [1.29, 1.82) is 0 Å². The predicted molar refractivity (Wildman–Crippen MR) is 59.7 cm³/mol. The first-order valence-corrected chi connectivity index (χ1v) is 5.61. The van der Waals surface area contributed by atoms with Crippen LogP contribution in [0.4, 0.5) is 0 Å². The van der Waals surface area contributed by atoms with Crippen LogP contribution in [-0.2, 0) is 9.53 Å². The molecule has 15 heavy (non-hydrogen) atoms. The molecule has 1 saturated heterocycles. The lowest BCUT2D eigenvalue weighted by molar-refractivity contribution is -0.127. The predicted octanol–water partition coefficient (Wildman–Crippen LogP) is 0.479. The summed E-state index contributed by atoms with van der Waals surface area (Å²) in [4.78, 5) is 14.1. The van der Waals surface area contributed by atoms with Gasteiger partial charge >= 0.3 is 0 Å². The highest BCUT2D eigenvalue weighted by atomic mass is 16.5. The van der Waals surface area contributed by atoms with E-state index >= 15 is 0 Å². The topological polar surface area (TPSA) is 41.6 Å². The van der Waals surface area contributed by atoms with Crippen LogP contribution in [0.5, 0.6) is 0 Å². The third-order valence-electron chi connectivity index (χ3n) is 2.80. The molecule has 1 heterocycles. The Morgan fingerprint density at radius 1 is 1.67 bits per heavy atom. The van der Waals surface area contributed by atoms with Gasteiger partial charge in [-0.2, -0.15) is 0 Å². The van der Waals surface area contributed by atoms with Crippen LogP contribution < -0.4 is 5.32 Å². The Labute approximate surface area is 92.0 Å². The van der Waals surface area contributed by atoms with E-state index in [1.165, 1.54) is 0 Å². The maximum Gasteiger partial charge on any atom is 0.224 e. The zero-order chi connectivity index (χ0) is 11.3. The molecule has 2 atom stereocenters. The van der Waals surface area contributed by atoms with Gasteiger partial charge in [-0.15, -0.1) is 0 Å². The number of likely N-dealkylation sites (tertiary alicyclic amines) is 1. The Balaban J connectivity index is 2.32. The summed E-state index contributed by atoms with van der Waals surface area (Å²) in [6.07, 6.45) is 2.13. The highest BCUT2D eigenvalue weighted by Gasteiger charge is 2.24. The molecule has 0 spiro atoms. The second-order valence-corrected chi connectivity index (χ2v) is 4.47. The Morgan fingerprint density at radius 2 is 2.40 bits per heavy atom. The molecular formula is C11H22N2O2. The number of carbonyl (C=O) groups excluding carboxylic acids is 1. The van der Waals surface area contributed by atoms with E-state index in [2.05, 4.69) is 17.3 Å². The SMILES string of the molecule is COC[C@H](C)NC(=O)[C@@H]1CCCN(C)C1. The molecule has 0 unspecified atom stereocenters. The van der Waals surface area contributed by atoms with Crippen LogP contribution >= 0.6 is 0 Å². The highest BCUT2D eigenvalue weighted by molar-refractivity contribution is 5.79. The van der Waals surface area contributed by atoms with Gasteiger partial charge in [0.15, 0.2) is 0 Å². The van der Waals surface area contributed by atoms with Gasteiger partial charge in [0.05, 0.1) is 12.5 Å². The molecule has 0 bridgehead atoms. The quantitative estimate of drug-likeness (QED) is 0.740. The molecular weight excluding hydrogens is 192 g/mol. The maximum absolute atomic E-state index is 11.8. The Bertz CT molecular complexity index is 209. The largest absolute Gasteiger partial charge is 0.383 e. The Kier molecular flexibility index (Phi) is 5.05. The molecule has 0 aromatic carbocycles. The second kappa shape index (κ2) is 6.08. The average Bonchev–Trinajstić information content (AvgIpc) is 2.18. The minimum Gasteiger partial charge on any atom is -0.383 e. The van der Waals surface area contributed by atoms with Gasteiger partial charge in [0, 0.05) is 19.7 Å². The minimum atomic E-state index is 0.106. The van der Waals surface area contributed by atoms with Gasteiger partial charge in [-0.05, 0) is 33.4 Å². The molecule has 1 fully saturated rings. The molecule has 1 aliphatic rings. The number of methoxy groups -OCH3 is 1. The van der Waals surface area contributed by atoms with E-state index in [1.807, 2.05) is 6.92 Å². The highest BCUT2D eigenvalue weighted by Crippen LogP contribution is 2.15. The van der Waals surface area contributed by atoms with E-state index in [1.54, 1.807) is 7.11 Å². The van der Waals surface area contributed by atoms with E-state index < -0.39 is 0 Å². The van der Waals surface area contributed by atoms with Crippen LogP contribution in [0.25, 0.3) is 0 Å². The zero-order valence-electron chi connectivity index (χ0n) is 9.95. The summed E-state index contributed by atoms with van der Waals surface area (Å²) < 4.78 is 4.99. The zero-order valence-corrected chi connectivity index (χ0v) is 9.95. The first-order chi connectivity index (χ1) is 7.13. The molecule has 0 aromatic heterocycles. The minimum absolute atomic E-state index is 0.106. The standard InChI is InChI=1S/C11H22N2O2/c1-9(8-15-3)12-11(14)10-5-4-6-13(2)7-10/h9-10H,4-8H2,1-3H3,(H,12,14)/t9-,10+/m0/s1. The third-order valence-corrected chi connectivity index (χ3v) is 2.80. The number of rotatable bonds is 4. The van der Waals surface area contributed by atoms with Crippen molar-refractivity contribution in [1.82, 2.24) is 10.2 Å². The summed E-state index contributed by atoms with van der Waals surface area (Å²) in [5, 5.41) is 2.98. The van der Waals surface area contributed by atoms with Crippen molar-refractivity contribution in [2.45, 2.75) is 25.8 Å². The van der Waals surface area contributed by atoms with Crippen LogP contribution in [0.15, 0.2) is 0 Å². The third kappa shape index (κ3) is 4.18. The summed E-state index contributed by atoms with van der Waals surface area (Å²) in [7, 11) is 3.72. The van der Waals surface area contributed by atoms with E-state index in [0.717, 1.165) is 25.9 Å². The average molecular weight is 214 g/mol. The summed E-state index contributed by atoms with van der Waals surface area (Å²) in [5.74, 6) is 0.328. The monoisotopic (exact) mass is 214 g/mol. The number of carbonyl (C=O) groups is 1. The van der Waals surface area contributed by atoms with E-state index in [0.29, 0.717) is 6.61 Å². The fraction of sp³-hybridized carbons (Fsp3) is 0.909. The number of nitrogens with zero attached hydrogens (tertiary/aromatic N) is 1. The van der Waals surface area contributed by atoms with Gasteiger partial charge in [-0.1, -0.05) is 0 Å². The van der Waals surface area contributed by atoms with E-state index in [-0.39, 0.29) is 17.9 Å². The normalized spacial score (nSPS) is 24.9. The lowest BCUT2D eigenvalue weighted by Crippen LogP contribution is -2.45. The molecule has 1 aliphatic heterocycles. The summed E-state index contributed by atoms with van der Waals surface area (Å²) >= 11 is 0. The number of amides is 1. The molecule has 4 heteroatoms. The second-order valence-electron chi connectivity index (χ2n) is 4.47. The first-order valence-electron chi connectivity index (χ1n) is 5.61. The van der Waals surface area contributed by atoms with Crippen LogP contribution in [0.3, 0.4) is 0 Å². The molecule has 1 N–H and O–H groups in total. The maximum atomic E-state index is 11.8. The van der Waals surface area contributed by atoms with Crippen LogP contribution in [-0.4, -0.2) is 50.7 Å². The number of hydrogen-bond donors (Lipinski definition) is 1. The van der Waals surface area contributed by atoms with Crippen LogP contribution in [0, 0.1) is 5.92 Å².